The first-order valence-corrected chi connectivity index (χ1v) is 6.05. The van der Waals surface area contributed by atoms with Crippen molar-refractivity contribution in [1.82, 2.24) is 0 Å². The number of esters is 1. The highest BCUT2D eigenvalue weighted by Crippen LogP contribution is 2.40. The Bertz CT molecular complexity index is 498. The largest absolute Gasteiger partial charge is 0.466 e. The van der Waals surface area contributed by atoms with Crippen LogP contribution < -0.4 is 5.73 Å². The standard InChI is InChI=1S/C14H17NO3/c1-3-18-11(16)8-14(2)10-7-5-4-6-9(10)12(17)13(14)15/h4-7,13H,3,8,15H2,1-2H3. The van der Waals surface area contributed by atoms with Gasteiger partial charge < -0.3 is 10.5 Å². The molecule has 4 nitrogen and oxygen atoms in total. The maximum Gasteiger partial charge on any atom is 0.306 e. The van der Waals surface area contributed by atoms with Crippen molar-refractivity contribution in [3.8, 4) is 0 Å². The molecule has 0 aliphatic heterocycles. The molecule has 1 aliphatic rings. The van der Waals surface area contributed by atoms with Crippen LogP contribution in [0, 0.1) is 0 Å². The molecule has 2 atom stereocenters. The van der Waals surface area contributed by atoms with Crippen molar-refractivity contribution >= 4 is 11.8 Å². The number of benzene rings is 1. The third-order valence-corrected chi connectivity index (χ3v) is 3.59. The number of hydrogen-bond donors (Lipinski definition) is 1. The normalized spacial score (nSPS) is 25.9. The summed E-state index contributed by atoms with van der Waals surface area (Å²) in [4.78, 5) is 23.8. The zero-order valence-corrected chi connectivity index (χ0v) is 10.6. The molecule has 0 saturated heterocycles. The topological polar surface area (TPSA) is 69.4 Å². The quantitative estimate of drug-likeness (QED) is 0.820. The fourth-order valence-electron chi connectivity index (χ4n) is 2.54. The van der Waals surface area contributed by atoms with Gasteiger partial charge in [-0.1, -0.05) is 31.2 Å². The Morgan fingerprint density at radius 2 is 2.11 bits per heavy atom. The van der Waals surface area contributed by atoms with Crippen LogP contribution in [0.5, 0.6) is 0 Å². The van der Waals surface area contributed by atoms with Crippen LogP contribution in [0.3, 0.4) is 0 Å². The summed E-state index contributed by atoms with van der Waals surface area (Å²) in [5.41, 5.74) is 6.79. The summed E-state index contributed by atoms with van der Waals surface area (Å²) in [5.74, 6) is -0.419. The summed E-state index contributed by atoms with van der Waals surface area (Å²) in [5, 5.41) is 0. The van der Waals surface area contributed by atoms with E-state index in [1.807, 2.05) is 19.1 Å². The minimum Gasteiger partial charge on any atom is -0.466 e. The number of carbonyl (C=O) groups is 2. The monoisotopic (exact) mass is 247 g/mol. The predicted molar refractivity (Wildman–Crippen MR) is 67.3 cm³/mol. The molecule has 2 unspecified atom stereocenters. The first-order chi connectivity index (χ1) is 8.50. The maximum atomic E-state index is 12.1. The average Bonchev–Trinajstić information content (AvgIpc) is 2.53. The van der Waals surface area contributed by atoms with E-state index < -0.39 is 11.5 Å². The molecular weight excluding hydrogens is 230 g/mol. The molecule has 0 bridgehead atoms. The molecule has 0 spiro atoms. The highest BCUT2D eigenvalue weighted by molar-refractivity contribution is 6.06. The minimum absolute atomic E-state index is 0.0996. The van der Waals surface area contributed by atoms with Crippen molar-refractivity contribution in [1.29, 1.82) is 0 Å². The second kappa shape index (κ2) is 4.53. The van der Waals surface area contributed by atoms with Crippen LogP contribution in [0.4, 0.5) is 0 Å². The van der Waals surface area contributed by atoms with E-state index in [1.54, 1.807) is 19.1 Å². The molecule has 96 valence electrons. The Labute approximate surface area is 106 Å². The number of carbonyl (C=O) groups excluding carboxylic acids is 2. The lowest BCUT2D eigenvalue weighted by atomic mass is 9.78. The number of nitrogens with two attached hydrogens (primary N) is 1. The van der Waals surface area contributed by atoms with Gasteiger partial charge in [-0.3, -0.25) is 9.59 Å². The molecule has 1 aromatic carbocycles. The molecule has 0 heterocycles. The zero-order chi connectivity index (χ0) is 13.3. The van der Waals surface area contributed by atoms with E-state index >= 15 is 0 Å². The smallest absolute Gasteiger partial charge is 0.306 e. The van der Waals surface area contributed by atoms with E-state index in [0.717, 1.165) is 5.56 Å². The third kappa shape index (κ3) is 1.82. The molecular formula is C14H17NO3. The number of hydrogen-bond acceptors (Lipinski definition) is 4. The first-order valence-electron chi connectivity index (χ1n) is 6.05. The molecule has 1 aliphatic carbocycles. The van der Waals surface area contributed by atoms with Gasteiger partial charge in [-0.25, -0.2) is 0 Å². The van der Waals surface area contributed by atoms with E-state index in [-0.39, 0.29) is 18.2 Å². The number of ketones is 1. The van der Waals surface area contributed by atoms with Crippen molar-refractivity contribution in [3.05, 3.63) is 35.4 Å². The fourth-order valence-corrected chi connectivity index (χ4v) is 2.54. The molecule has 1 aromatic rings. The van der Waals surface area contributed by atoms with Crippen molar-refractivity contribution in [3.63, 3.8) is 0 Å². The van der Waals surface area contributed by atoms with Crippen LogP contribution in [0.25, 0.3) is 0 Å². The molecule has 2 rings (SSSR count). The molecule has 2 N–H and O–H groups in total. The summed E-state index contributed by atoms with van der Waals surface area (Å²) >= 11 is 0. The van der Waals surface area contributed by atoms with Gasteiger partial charge in [-0.15, -0.1) is 0 Å². The lowest BCUT2D eigenvalue weighted by molar-refractivity contribution is -0.144. The van der Waals surface area contributed by atoms with Crippen LogP contribution in [0.2, 0.25) is 0 Å². The number of ether oxygens (including phenoxy) is 1. The van der Waals surface area contributed by atoms with Crippen molar-refractivity contribution in [2.75, 3.05) is 6.61 Å². The Morgan fingerprint density at radius 3 is 2.78 bits per heavy atom. The maximum absolute atomic E-state index is 12.1. The van der Waals surface area contributed by atoms with Gasteiger partial charge in [0.2, 0.25) is 0 Å². The van der Waals surface area contributed by atoms with Gasteiger partial charge in [0.15, 0.2) is 5.78 Å². The van der Waals surface area contributed by atoms with Crippen LogP contribution in [0.1, 0.15) is 36.2 Å². The summed E-state index contributed by atoms with van der Waals surface area (Å²) in [6.07, 6.45) is 0.130. The molecule has 0 aromatic heterocycles. The molecule has 0 amide bonds. The number of rotatable bonds is 3. The SMILES string of the molecule is CCOC(=O)CC1(C)c2ccccc2C(=O)C1N. The van der Waals surface area contributed by atoms with E-state index in [1.165, 1.54) is 0 Å². The predicted octanol–water partition coefficient (Wildman–Crippen LogP) is 1.42. The van der Waals surface area contributed by atoms with Gasteiger partial charge >= 0.3 is 5.97 Å². The minimum atomic E-state index is -0.681. The summed E-state index contributed by atoms with van der Waals surface area (Å²) in [6, 6.07) is 6.60. The third-order valence-electron chi connectivity index (χ3n) is 3.59. The zero-order valence-electron chi connectivity index (χ0n) is 10.6. The Balaban J connectivity index is 2.38. The average molecular weight is 247 g/mol. The lowest BCUT2D eigenvalue weighted by Gasteiger charge is -2.28. The van der Waals surface area contributed by atoms with Gasteiger partial charge in [0.1, 0.15) is 0 Å². The first kappa shape index (κ1) is 12.8. The summed E-state index contributed by atoms with van der Waals surface area (Å²) < 4.78 is 4.96. The molecule has 0 fully saturated rings. The van der Waals surface area contributed by atoms with E-state index in [2.05, 4.69) is 0 Å². The van der Waals surface area contributed by atoms with Crippen LogP contribution in [0.15, 0.2) is 24.3 Å². The van der Waals surface area contributed by atoms with Crippen molar-refractivity contribution < 1.29 is 14.3 Å². The van der Waals surface area contributed by atoms with Crippen molar-refractivity contribution in [2.45, 2.75) is 31.7 Å². The highest BCUT2D eigenvalue weighted by atomic mass is 16.5. The fraction of sp³-hybridized carbons (Fsp3) is 0.429. The van der Waals surface area contributed by atoms with Gasteiger partial charge in [0, 0.05) is 11.0 Å². The van der Waals surface area contributed by atoms with Gasteiger partial charge in [0.25, 0.3) is 0 Å². The number of fused-ring (bicyclic) bond motifs is 1. The molecule has 0 radical (unpaired) electrons. The molecule has 4 heteroatoms. The summed E-state index contributed by atoms with van der Waals surface area (Å²) in [6.45, 7) is 3.94. The van der Waals surface area contributed by atoms with Crippen molar-refractivity contribution in [2.24, 2.45) is 5.73 Å². The Hall–Kier alpha value is -1.68. The second-order valence-electron chi connectivity index (χ2n) is 4.79. The highest BCUT2D eigenvalue weighted by Gasteiger charge is 2.48. The van der Waals surface area contributed by atoms with E-state index in [0.29, 0.717) is 12.2 Å². The Kier molecular flexibility index (Phi) is 3.22. The summed E-state index contributed by atoms with van der Waals surface area (Å²) in [7, 11) is 0. The van der Waals surface area contributed by atoms with E-state index in [4.69, 9.17) is 10.5 Å². The number of Topliss-reactive ketones (excluding diaryl/α,β-unsaturated/α-hetero) is 1. The van der Waals surface area contributed by atoms with Gasteiger partial charge in [0.05, 0.1) is 19.1 Å². The van der Waals surface area contributed by atoms with Crippen LogP contribution in [-0.4, -0.2) is 24.4 Å². The molecule has 0 saturated carbocycles. The second-order valence-corrected chi connectivity index (χ2v) is 4.79. The van der Waals surface area contributed by atoms with Crippen LogP contribution >= 0.6 is 0 Å². The lowest BCUT2D eigenvalue weighted by Crippen LogP contribution is -2.44. The van der Waals surface area contributed by atoms with Gasteiger partial charge in [-0.2, -0.15) is 0 Å². The molecule has 18 heavy (non-hydrogen) atoms. The Morgan fingerprint density at radius 1 is 1.44 bits per heavy atom. The van der Waals surface area contributed by atoms with Gasteiger partial charge in [-0.05, 0) is 12.5 Å². The van der Waals surface area contributed by atoms with E-state index in [9.17, 15) is 9.59 Å². The van der Waals surface area contributed by atoms with Crippen LogP contribution in [-0.2, 0) is 14.9 Å².